The molecule has 0 aromatic rings. The van der Waals surface area contributed by atoms with Gasteiger partial charge in [0.15, 0.2) is 6.10 Å². The molecule has 1 unspecified atom stereocenters. The molecule has 0 aromatic heterocycles. The number of unbranched alkanes of at least 4 members (excludes halogenated alkanes) is 22. The molecule has 3 N–H and O–H groups in total. The lowest BCUT2D eigenvalue weighted by Crippen LogP contribution is -2.29. The number of aliphatic hydroxyl groups excluding tert-OH is 2. The summed E-state index contributed by atoms with van der Waals surface area (Å²) >= 11 is 0. The summed E-state index contributed by atoms with van der Waals surface area (Å²) in [7, 11) is -4.60. The molecule has 47 heavy (non-hydrogen) atoms. The van der Waals surface area contributed by atoms with Gasteiger partial charge in [-0.25, -0.2) is 4.57 Å². The summed E-state index contributed by atoms with van der Waals surface area (Å²) in [6.07, 6.45) is 26.4. The van der Waals surface area contributed by atoms with Gasteiger partial charge in [-0.15, -0.1) is 0 Å². The largest absolute Gasteiger partial charge is 0.472 e. The molecule has 3 atom stereocenters. The van der Waals surface area contributed by atoms with Crippen molar-refractivity contribution in [3.05, 3.63) is 0 Å². The minimum Gasteiger partial charge on any atom is -0.462 e. The minimum absolute atomic E-state index is 0.191. The van der Waals surface area contributed by atoms with E-state index >= 15 is 0 Å². The highest BCUT2D eigenvalue weighted by molar-refractivity contribution is 7.47. The molecule has 0 radical (unpaired) electrons. The fraction of sp³-hybridized carbons (Fsp3) is 0.944. The van der Waals surface area contributed by atoms with Crippen LogP contribution in [0.15, 0.2) is 0 Å². The smallest absolute Gasteiger partial charge is 0.462 e. The number of esters is 2. The van der Waals surface area contributed by atoms with E-state index in [1.54, 1.807) is 0 Å². The Labute approximate surface area is 286 Å². The summed E-state index contributed by atoms with van der Waals surface area (Å²) in [6, 6.07) is 0. The first-order valence-corrected chi connectivity index (χ1v) is 20.5. The van der Waals surface area contributed by atoms with Gasteiger partial charge in [-0.1, -0.05) is 155 Å². The molecular formula is C36H71O10P. The van der Waals surface area contributed by atoms with Crippen LogP contribution in [0.3, 0.4) is 0 Å². The zero-order valence-corrected chi connectivity index (χ0v) is 30.9. The van der Waals surface area contributed by atoms with Gasteiger partial charge in [-0.3, -0.25) is 18.6 Å². The highest BCUT2D eigenvalue weighted by atomic mass is 31.2. The van der Waals surface area contributed by atoms with Crippen LogP contribution in [-0.4, -0.2) is 65.7 Å². The van der Waals surface area contributed by atoms with Gasteiger partial charge in [0.05, 0.1) is 19.8 Å². The molecule has 0 spiro atoms. The molecule has 11 heteroatoms. The molecule has 0 aliphatic rings. The number of hydrogen-bond donors (Lipinski definition) is 3. The number of hydrogen-bond acceptors (Lipinski definition) is 9. The van der Waals surface area contributed by atoms with Crippen LogP contribution in [0, 0.1) is 0 Å². The second-order valence-electron chi connectivity index (χ2n) is 13.0. The molecular weight excluding hydrogens is 623 g/mol. The minimum atomic E-state index is -4.60. The third-order valence-electron chi connectivity index (χ3n) is 8.26. The van der Waals surface area contributed by atoms with E-state index in [0.717, 1.165) is 38.5 Å². The first kappa shape index (κ1) is 46.0. The van der Waals surface area contributed by atoms with E-state index in [1.807, 2.05) is 0 Å². The summed E-state index contributed by atoms with van der Waals surface area (Å²) in [4.78, 5) is 34.7. The molecule has 0 heterocycles. The first-order chi connectivity index (χ1) is 22.7. The average molecular weight is 695 g/mol. The van der Waals surface area contributed by atoms with E-state index < -0.39 is 51.8 Å². The summed E-state index contributed by atoms with van der Waals surface area (Å²) in [6.45, 7) is 2.37. The zero-order chi connectivity index (χ0) is 34.9. The van der Waals surface area contributed by atoms with E-state index in [4.69, 9.17) is 19.1 Å². The van der Waals surface area contributed by atoms with E-state index in [2.05, 4.69) is 18.4 Å². The highest BCUT2D eigenvalue weighted by Crippen LogP contribution is 2.43. The Morgan fingerprint density at radius 3 is 1.32 bits per heavy atom. The van der Waals surface area contributed by atoms with E-state index in [1.165, 1.54) is 103 Å². The number of phosphoric acid groups is 1. The molecule has 0 rings (SSSR count). The predicted octanol–water partition coefficient (Wildman–Crippen LogP) is 9.11. The molecule has 0 aliphatic carbocycles. The van der Waals surface area contributed by atoms with Crippen molar-refractivity contribution in [2.75, 3.05) is 26.4 Å². The Morgan fingerprint density at radius 2 is 0.915 bits per heavy atom. The van der Waals surface area contributed by atoms with Crippen LogP contribution in [0.2, 0.25) is 0 Å². The fourth-order valence-corrected chi connectivity index (χ4v) is 6.08. The standard InChI is InChI=1S/C36H71O10P/c1-3-5-7-9-11-13-15-16-18-20-22-24-26-28-36(40)46-34(32-45-47(41,42)44-30-33(38)29-37)31-43-35(39)27-25-23-21-19-17-14-12-10-8-6-4-2/h33-34,37-38H,3-32H2,1-2H3,(H,41,42)/t33-,34+/m1/s1. The number of ether oxygens (including phenoxy) is 2. The third-order valence-corrected chi connectivity index (χ3v) is 9.21. The fourth-order valence-electron chi connectivity index (χ4n) is 5.29. The van der Waals surface area contributed by atoms with Crippen LogP contribution >= 0.6 is 7.82 Å². The van der Waals surface area contributed by atoms with Crippen molar-refractivity contribution in [1.82, 2.24) is 0 Å². The van der Waals surface area contributed by atoms with Crippen molar-refractivity contribution in [2.45, 2.75) is 193 Å². The van der Waals surface area contributed by atoms with Crippen molar-refractivity contribution in [2.24, 2.45) is 0 Å². The summed E-state index contributed by atoms with van der Waals surface area (Å²) in [5.41, 5.74) is 0. The Hall–Kier alpha value is -1.03. The van der Waals surface area contributed by atoms with Crippen LogP contribution in [-0.2, 0) is 32.7 Å². The second-order valence-corrected chi connectivity index (χ2v) is 14.4. The number of aliphatic hydroxyl groups is 2. The first-order valence-electron chi connectivity index (χ1n) is 19.0. The molecule has 0 fully saturated rings. The Kier molecular flexibility index (Phi) is 32.7. The second kappa shape index (κ2) is 33.5. The molecule has 0 aromatic carbocycles. The Balaban J connectivity index is 4.35. The summed E-state index contributed by atoms with van der Waals surface area (Å²) in [5.74, 6) is -0.916. The lowest BCUT2D eigenvalue weighted by atomic mass is 10.0. The lowest BCUT2D eigenvalue weighted by Gasteiger charge is -2.20. The van der Waals surface area contributed by atoms with E-state index in [9.17, 15) is 24.2 Å². The van der Waals surface area contributed by atoms with Gasteiger partial charge in [-0.2, -0.15) is 0 Å². The number of phosphoric ester groups is 1. The topological polar surface area (TPSA) is 149 Å². The van der Waals surface area contributed by atoms with Gasteiger partial charge in [0.25, 0.3) is 0 Å². The van der Waals surface area contributed by atoms with Crippen LogP contribution in [0.4, 0.5) is 0 Å². The summed E-state index contributed by atoms with van der Waals surface area (Å²) in [5, 5.41) is 18.2. The quantitative estimate of drug-likeness (QED) is 0.0329. The average Bonchev–Trinajstić information content (AvgIpc) is 3.05. The maximum atomic E-state index is 12.5. The van der Waals surface area contributed by atoms with Crippen molar-refractivity contribution >= 4 is 19.8 Å². The summed E-state index contributed by atoms with van der Waals surface area (Å²) < 4.78 is 32.5. The maximum Gasteiger partial charge on any atom is 0.472 e. The van der Waals surface area contributed by atoms with Crippen molar-refractivity contribution in [3.63, 3.8) is 0 Å². The molecule has 0 amide bonds. The van der Waals surface area contributed by atoms with E-state index in [0.29, 0.717) is 12.8 Å². The molecule has 0 bridgehead atoms. The number of rotatable bonds is 36. The van der Waals surface area contributed by atoms with Crippen LogP contribution in [0.25, 0.3) is 0 Å². The van der Waals surface area contributed by atoms with Crippen LogP contribution < -0.4 is 0 Å². The molecule has 10 nitrogen and oxygen atoms in total. The van der Waals surface area contributed by atoms with Crippen LogP contribution in [0.5, 0.6) is 0 Å². The number of carbonyl (C=O) groups excluding carboxylic acids is 2. The van der Waals surface area contributed by atoms with Crippen molar-refractivity contribution < 1.29 is 47.8 Å². The van der Waals surface area contributed by atoms with E-state index in [-0.39, 0.29) is 19.4 Å². The van der Waals surface area contributed by atoms with Gasteiger partial charge in [0.2, 0.25) is 0 Å². The zero-order valence-electron chi connectivity index (χ0n) is 30.0. The molecule has 0 aliphatic heterocycles. The maximum absolute atomic E-state index is 12.5. The molecule has 0 saturated carbocycles. The molecule has 0 saturated heterocycles. The molecule has 280 valence electrons. The Morgan fingerprint density at radius 1 is 0.553 bits per heavy atom. The van der Waals surface area contributed by atoms with Crippen molar-refractivity contribution in [1.29, 1.82) is 0 Å². The SMILES string of the molecule is CCCCCCCCCCCCCCCC(=O)O[C@@H](COC(=O)CCCCCCCCCCCCC)COP(=O)(O)OC[C@H](O)CO. The predicted molar refractivity (Wildman–Crippen MR) is 187 cm³/mol. The van der Waals surface area contributed by atoms with Gasteiger partial charge in [0, 0.05) is 12.8 Å². The highest BCUT2D eigenvalue weighted by Gasteiger charge is 2.27. The number of carbonyl (C=O) groups is 2. The normalized spacial score (nSPS) is 14.1. The van der Waals surface area contributed by atoms with Gasteiger partial charge in [0.1, 0.15) is 12.7 Å². The van der Waals surface area contributed by atoms with Gasteiger partial charge in [-0.05, 0) is 12.8 Å². The van der Waals surface area contributed by atoms with Crippen molar-refractivity contribution in [3.8, 4) is 0 Å². The Bertz CT molecular complexity index is 766. The van der Waals surface area contributed by atoms with Gasteiger partial charge < -0.3 is 24.6 Å². The lowest BCUT2D eigenvalue weighted by molar-refractivity contribution is -0.161. The van der Waals surface area contributed by atoms with Gasteiger partial charge >= 0.3 is 19.8 Å². The monoisotopic (exact) mass is 694 g/mol. The third kappa shape index (κ3) is 33.3. The van der Waals surface area contributed by atoms with Crippen LogP contribution in [0.1, 0.15) is 181 Å².